The van der Waals surface area contributed by atoms with Crippen LogP contribution in [0.2, 0.25) is 0 Å². The van der Waals surface area contributed by atoms with E-state index >= 15 is 0 Å². The van der Waals surface area contributed by atoms with Gasteiger partial charge in [-0.25, -0.2) is 0 Å². The van der Waals surface area contributed by atoms with Crippen molar-refractivity contribution in [2.24, 2.45) is 11.8 Å². The summed E-state index contributed by atoms with van der Waals surface area (Å²) in [5.74, 6) is 0.0549. The van der Waals surface area contributed by atoms with Gasteiger partial charge in [-0.1, -0.05) is 61.1 Å². The summed E-state index contributed by atoms with van der Waals surface area (Å²) in [6.45, 7) is 7.83. The highest BCUT2D eigenvalue weighted by molar-refractivity contribution is 6.07. The number of aliphatic hydroxyl groups is 1. The zero-order valence-corrected chi connectivity index (χ0v) is 19.9. The van der Waals surface area contributed by atoms with Crippen LogP contribution in [0.1, 0.15) is 64.0 Å². The van der Waals surface area contributed by atoms with Crippen molar-refractivity contribution < 1.29 is 19.4 Å². The topological polar surface area (TPSA) is 63.6 Å². The highest BCUT2D eigenvalue weighted by Gasteiger charge is 2.23. The van der Waals surface area contributed by atoms with Crippen molar-refractivity contribution in [3.8, 4) is 0 Å². The van der Waals surface area contributed by atoms with Gasteiger partial charge in [-0.15, -0.1) is 0 Å². The third-order valence-electron chi connectivity index (χ3n) is 5.72. The Balaban J connectivity index is 1.79. The molecule has 0 bridgehead atoms. The number of carbonyl (C=O) groups excluding carboxylic acids is 2. The van der Waals surface area contributed by atoms with Gasteiger partial charge in [-0.2, -0.15) is 0 Å². The lowest BCUT2D eigenvalue weighted by atomic mass is 9.91. The largest absolute Gasteiger partial charge is 0.463 e. The van der Waals surface area contributed by atoms with Gasteiger partial charge in [0.15, 0.2) is 5.78 Å². The molecule has 0 aliphatic heterocycles. The molecule has 1 aliphatic carbocycles. The molecule has 0 aromatic heterocycles. The first-order chi connectivity index (χ1) is 15.3. The molecule has 174 valence electrons. The first-order valence-electron chi connectivity index (χ1n) is 11.8. The van der Waals surface area contributed by atoms with E-state index in [-0.39, 0.29) is 29.7 Å². The number of esters is 1. The molecule has 0 spiro atoms. The van der Waals surface area contributed by atoms with Crippen LogP contribution in [0.15, 0.2) is 60.2 Å². The number of unbranched alkanes of at least 4 members (excludes halogenated alkanes) is 1. The Kier molecular flexibility index (Phi) is 10.6. The van der Waals surface area contributed by atoms with Crippen molar-refractivity contribution in [3.05, 3.63) is 71.3 Å². The Bertz CT molecular complexity index is 847. The van der Waals surface area contributed by atoms with Crippen molar-refractivity contribution in [3.63, 3.8) is 0 Å². The summed E-state index contributed by atoms with van der Waals surface area (Å²) < 4.78 is 5.13. The van der Waals surface area contributed by atoms with E-state index in [0.29, 0.717) is 12.8 Å². The average molecular weight is 439 g/mol. The summed E-state index contributed by atoms with van der Waals surface area (Å²) in [5.41, 5.74) is 3.22. The lowest BCUT2D eigenvalue weighted by Crippen LogP contribution is -2.19. The molecule has 3 atom stereocenters. The number of hydrogen-bond donors (Lipinski definition) is 1. The van der Waals surface area contributed by atoms with E-state index in [1.807, 2.05) is 32.1 Å². The molecule has 0 saturated carbocycles. The van der Waals surface area contributed by atoms with Crippen molar-refractivity contribution in [1.29, 1.82) is 0 Å². The van der Waals surface area contributed by atoms with Crippen molar-refractivity contribution in [1.82, 2.24) is 0 Å². The smallest absolute Gasteiger partial charge is 0.306 e. The second-order valence-corrected chi connectivity index (χ2v) is 9.10. The zero-order valence-electron chi connectivity index (χ0n) is 19.9. The van der Waals surface area contributed by atoms with Crippen LogP contribution in [0.25, 0.3) is 0 Å². The van der Waals surface area contributed by atoms with Crippen molar-refractivity contribution >= 4 is 11.8 Å². The molecule has 2 rings (SSSR count). The molecular weight excluding hydrogens is 400 g/mol. The van der Waals surface area contributed by atoms with E-state index in [1.165, 1.54) is 11.1 Å². The normalized spacial score (nSPS) is 19.2. The van der Waals surface area contributed by atoms with Crippen LogP contribution in [0.4, 0.5) is 0 Å². The second-order valence-electron chi connectivity index (χ2n) is 9.10. The van der Waals surface area contributed by atoms with Crippen LogP contribution in [-0.4, -0.2) is 29.1 Å². The summed E-state index contributed by atoms with van der Waals surface area (Å²) in [4.78, 5) is 23.8. The first-order valence-corrected chi connectivity index (χ1v) is 11.8. The fourth-order valence-corrected chi connectivity index (χ4v) is 3.92. The van der Waals surface area contributed by atoms with Gasteiger partial charge in [-0.05, 0) is 70.4 Å². The van der Waals surface area contributed by atoms with Crippen molar-refractivity contribution in [2.75, 3.05) is 0 Å². The zero-order chi connectivity index (χ0) is 23.5. The molecule has 1 aromatic carbocycles. The molecule has 1 aliphatic rings. The van der Waals surface area contributed by atoms with Gasteiger partial charge in [0, 0.05) is 17.9 Å². The van der Waals surface area contributed by atoms with Crippen LogP contribution < -0.4 is 0 Å². The molecule has 1 aromatic rings. The number of ketones is 1. The molecule has 32 heavy (non-hydrogen) atoms. The monoisotopic (exact) mass is 438 g/mol. The maximum Gasteiger partial charge on any atom is 0.306 e. The number of hydrogen-bond acceptors (Lipinski definition) is 4. The molecule has 0 amide bonds. The van der Waals surface area contributed by atoms with E-state index in [2.05, 4.69) is 44.2 Å². The number of carbonyl (C=O) groups is 2. The second kappa shape index (κ2) is 13.2. The minimum Gasteiger partial charge on any atom is -0.463 e. The summed E-state index contributed by atoms with van der Waals surface area (Å²) in [7, 11) is 0. The molecule has 1 N–H and O–H groups in total. The molecule has 0 heterocycles. The SMILES string of the molecule is Cc1cccc(CC(C)C(O)C/C=C2/C(=O)C=CC2C/C=C\CCCC(=O)OC(C)C)c1. The van der Waals surface area contributed by atoms with E-state index in [4.69, 9.17) is 4.74 Å². The van der Waals surface area contributed by atoms with Crippen molar-refractivity contribution in [2.45, 2.75) is 78.4 Å². The first kappa shape index (κ1) is 25.8. The van der Waals surface area contributed by atoms with Gasteiger partial charge in [0.25, 0.3) is 0 Å². The predicted octanol–water partition coefficient (Wildman–Crippen LogP) is 5.67. The summed E-state index contributed by atoms with van der Waals surface area (Å²) in [5, 5.41) is 10.6. The van der Waals surface area contributed by atoms with Gasteiger partial charge >= 0.3 is 5.97 Å². The third-order valence-corrected chi connectivity index (χ3v) is 5.72. The Hall–Kier alpha value is -2.46. The van der Waals surface area contributed by atoms with E-state index < -0.39 is 6.10 Å². The maximum atomic E-state index is 12.3. The highest BCUT2D eigenvalue weighted by atomic mass is 16.5. The van der Waals surface area contributed by atoms with E-state index in [1.54, 1.807) is 6.08 Å². The number of allylic oxidation sites excluding steroid dienone is 5. The van der Waals surface area contributed by atoms with Crippen LogP contribution in [0.5, 0.6) is 0 Å². The third kappa shape index (κ3) is 8.96. The molecular formula is C28H38O4. The maximum absolute atomic E-state index is 12.3. The Morgan fingerprint density at radius 1 is 1.22 bits per heavy atom. The summed E-state index contributed by atoms with van der Waals surface area (Å²) in [6, 6.07) is 8.36. The van der Waals surface area contributed by atoms with Gasteiger partial charge in [0.1, 0.15) is 0 Å². The lowest BCUT2D eigenvalue weighted by molar-refractivity contribution is -0.147. The van der Waals surface area contributed by atoms with Gasteiger partial charge in [0.05, 0.1) is 12.2 Å². The van der Waals surface area contributed by atoms with E-state index in [0.717, 1.165) is 31.3 Å². The highest BCUT2D eigenvalue weighted by Crippen LogP contribution is 2.27. The molecule has 0 radical (unpaired) electrons. The molecule has 4 heteroatoms. The number of aliphatic hydroxyl groups excluding tert-OH is 1. The molecule has 0 fully saturated rings. The standard InChI is InChI=1S/C28H38O4/c1-20(2)32-28(31)13-8-6-5-7-12-24-14-16-27(30)25(24)15-17-26(29)22(4)19-23-11-9-10-21(3)18-23/h5,7,9-11,14-16,18,20,22,24,26,29H,6,8,12-13,17,19H2,1-4H3/b7-5-,25-15+. The number of rotatable bonds is 12. The summed E-state index contributed by atoms with van der Waals surface area (Å²) >= 11 is 0. The van der Waals surface area contributed by atoms with Crippen LogP contribution in [0.3, 0.4) is 0 Å². The average Bonchev–Trinajstić information content (AvgIpc) is 3.07. The van der Waals surface area contributed by atoms with Crippen LogP contribution in [0, 0.1) is 18.8 Å². The quantitative estimate of drug-likeness (QED) is 0.197. The number of benzene rings is 1. The van der Waals surface area contributed by atoms with E-state index in [9.17, 15) is 14.7 Å². The molecule has 0 saturated heterocycles. The van der Waals surface area contributed by atoms with Crippen LogP contribution >= 0.6 is 0 Å². The fourth-order valence-electron chi connectivity index (χ4n) is 3.92. The molecule has 4 nitrogen and oxygen atoms in total. The number of ether oxygens (including phenoxy) is 1. The summed E-state index contributed by atoms with van der Waals surface area (Å²) in [6.07, 6.45) is 13.1. The van der Waals surface area contributed by atoms with Gasteiger partial charge in [-0.3, -0.25) is 9.59 Å². The fraction of sp³-hybridized carbons (Fsp3) is 0.500. The predicted molar refractivity (Wildman–Crippen MR) is 129 cm³/mol. The Morgan fingerprint density at radius 3 is 2.72 bits per heavy atom. The van der Waals surface area contributed by atoms with Gasteiger partial charge in [0.2, 0.25) is 0 Å². The number of aryl methyl sites for hydroxylation is 1. The molecule has 3 unspecified atom stereocenters. The minimum atomic E-state index is -0.488. The minimum absolute atomic E-state index is 0.0402. The lowest BCUT2D eigenvalue weighted by Gasteiger charge is -2.18. The Morgan fingerprint density at radius 2 is 2.00 bits per heavy atom. The van der Waals surface area contributed by atoms with Crippen LogP contribution in [-0.2, 0) is 20.7 Å². The van der Waals surface area contributed by atoms with Gasteiger partial charge < -0.3 is 9.84 Å². The Labute approximate surface area is 193 Å².